The summed E-state index contributed by atoms with van der Waals surface area (Å²) in [6, 6.07) is 6.45. The third-order valence-corrected chi connectivity index (χ3v) is 6.05. The predicted molar refractivity (Wildman–Crippen MR) is 88.0 cm³/mol. The summed E-state index contributed by atoms with van der Waals surface area (Å²) in [6.45, 7) is 3.87. The molecule has 1 saturated heterocycles. The van der Waals surface area contributed by atoms with Crippen LogP contribution in [0.5, 0.6) is 0 Å². The first kappa shape index (κ1) is 17.4. The molecule has 2 rings (SSSR count). The van der Waals surface area contributed by atoms with E-state index in [2.05, 4.69) is 21.2 Å². The molecule has 1 atom stereocenters. The van der Waals surface area contributed by atoms with Crippen molar-refractivity contribution < 1.29 is 13.2 Å². The lowest BCUT2D eigenvalue weighted by molar-refractivity contribution is -0.133. The highest BCUT2D eigenvalue weighted by Crippen LogP contribution is 2.18. The fraction of sp³-hybridized carbons (Fsp3) is 0.500. The van der Waals surface area contributed by atoms with Crippen molar-refractivity contribution in [3.05, 3.63) is 28.7 Å². The number of hydrogen-bond acceptors (Lipinski definition) is 4. The summed E-state index contributed by atoms with van der Waals surface area (Å²) in [5.74, 6) is -0.169. The monoisotopic (exact) mass is 389 g/mol. The van der Waals surface area contributed by atoms with Crippen LogP contribution in [-0.2, 0) is 14.8 Å². The highest BCUT2D eigenvalue weighted by molar-refractivity contribution is 9.10. The second-order valence-electron chi connectivity index (χ2n) is 5.36. The first-order chi connectivity index (χ1) is 10.3. The Morgan fingerprint density at radius 2 is 2.05 bits per heavy atom. The van der Waals surface area contributed by atoms with Crippen LogP contribution < -0.4 is 5.32 Å². The van der Waals surface area contributed by atoms with Crippen molar-refractivity contribution in [1.29, 1.82) is 0 Å². The quantitative estimate of drug-likeness (QED) is 0.829. The molecule has 1 aliphatic rings. The summed E-state index contributed by atoms with van der Waals surface area (Å²) in [5, 5.41) is 3.20. The molecule has 6 nitrogen and oxygen atoms in total. The molecule has 0 aliphatic carbocycles. The van der Waals surface area contributed by atoms with Gasteiger partial charge in [0.05, 0.1) is 11.4 Å². The Morgan fingerprint density at radius 3 is 2.64 bits per heavy atom. The van der Waals surface area contributed by atoms with Crippen LogP contribution in [0.2, 0.25) is 0 Å². The molecule has 0 bridgehead atoms. The second-order valence-corrected chi connectivity index (χ2v) is 8.32. The first-order valence-corrected chi connectivity index (χ1v) is 9.28. The van der Waals surface area contributed by atoms with Crippen LogP contribution in [0.4, 0.5) is 0 Å². The standard InChI is InChI=1S/C14H20BrN3O3S/c1-11-9-16-7-8-18(11)14(19)10-17(2)22(20,21)13-5-3-12(15)4-6-13/h3-6,11,16H,7-10H2,1-2H3. The molecule has 0 spiro atoms. The highest BCUT2D eigenvalue weighted by atomic mass is 79.9. The topological polar surface area (TPSA) is 69.7 Å². The van der Waals surface area contributed by atoms with E-state index in [1.54, 1.807) is 17.0 Å². The van der Waals surface area contributed by atoms with Crippen LogP contribution in [0.3, 0.4) is 0 Å². The minimum absolute atomic E-state index is 0.0741. The van der Waals surface area contributed by atoms with Crippen LogP contribution in [0, 0.1) is 0 Å². The number of nitrogens with one attached hydrogen (secondary N) is 1. The van der Waals surface area contributed by atoms with E-state index in [1.165, 1.54) is 19.2 Å². The molecule has 1 aromatic carbocycles. The molecule has 22 heavy (non-hydrogen) atoms. The molecule has 1 aromatic rings. The summed E-state index contributed by atoms with van der Waals surface area (Å²) in [4.78, 5) is 14.2. The lowest BCUT2D eigenvalue weighted by Crippen LogP contribution is -2.54. The summed E-state index contributed by atoms with van der Waals surface area (Å²) in [6.07, 6.45) is 0. The van der Waals surface area contributed by atoms with Crippen LogP contribution >= 0.6 is 15.9 Å². The molecule has 0 radical (unpaired) electrons. The molecule has 1 unspecified atom stereocenters. The van der Waals surface area contributed by atoms with Crippen molar-refractivity contribution in [2.24, 2.45) is 0 Å². The van der Waals surface area contributed by atoms with Crippen molar-refractivity contribution in [3.8, 4) is 0 Å². The largest absolute Gasteiger partial charge is 0.336 e. The zero-order chi connectivity index (χ0) is 16.3. The van der Waals surface area contributed by atoms with Gasteiger partial charge in [0.1, 0.15) is 0 Å². The fourth-order valence-electron chi connectivity index (χ4n) is 2.36. The van der Waals surface area contributed by atoms with Crippen LogP contribution in [-0.4, -0.2) is 62.8 Å². The number of likely N-dealkylation sites (N-methyl/N-ethyl adjacent to an activating group) is 1. The number of halogens is 1. The Bertz CT molecular complexity index is 633. The van der Waals surface area contributed by atoms with E-state index in [0.29, 0.717) is 6.54 Å². The number of carbonyl (C=O) groups excluding carboxylic acids is 1. The van der Waals surface area contributed by atoms with Gasteiger partial charge in [-0.25, -0.2) is 8.42 Å². The molecule has 122 valence electrons. The number of nitrogens with zero attached hydrogens (tertiary/aromatic N) is 2. The third kappa shape index (κ3) is 3.87. The Kier molecular flexibility index (Phi) is 5.60. The van der Waals surface area contributed by atoms with E-state index >= 15 is 0 Å². The minimum Gasteiger partial charge on any atom is -0.336 e. The summed E-state index contributed by atoms with van der Waals surface area (Å²) in [7, 11) is -2.22. The maximum absolute atomic E-state index is 12.5. The van der Waals surface area contributed by atoms with Crippen LogP contribution in [0.25, 0.3) is 0 Å². The zero-order valence-electron chi connectivity index (χ0n) is 12.6. The Morgan fingerprint density at radius 1 is 1.41 bits per heavy atom. The summed E-state index contributed by atoms with van der Waals surface area (Å²) >= 11 is 3.27. The Balaban J connectivity index is 2.08. The lowest BCUT2D eigenvalue weighted by atomic mass is 10.2. The van der Waals surface area contributed by atoms with Crippen molar-refractivity contribution in [3.63, 3.8) is 0 Å². The van der Waals surface area contributed by atoms with Gasteiger partial charge in [-0.05, 0) is 31.2 Å². The van der Waals surface area contributed by atoms with Gasteiger partial charge in [-0.3, -0.25) is 4.79 Å². The van der Waals surface area contributed by atoms with Crippen molar-refractivity contribution in [1.82, 2.24) is 14.5 Å². The predicted octanol–water partition coefficient (Wildman–Crippen LogP) is 0.890. The number of hydrogen-bond donors (Lipinski definition) is 1. The van der Waals surface area contributed by atoms with Gasteiger partial charge in [-0.2, -0.15) is 4.31 Å². The van der Waals surface area contributed by atoms with Crippen LogP contribution in [0.15, 0.2) is 33.6 Å². The molecule has 1 N–H and O–H groups in total. The maximum atomic E-state index is 12.5. The molecular weight excluding hydrogens is 370 g/mol. The molecule has 1 amide bonds. The average molecular weight is 390 g/mol. The van der Waals surface area contributed by atoms with E-state index in [1.807, 2.05) is 6.92 Å². The number of piperazine rings is 1. The van der Waals surface area contributed by atoms with Gasteiger partial charge in [0, 0.05) is 37.2 Å². The van der Waals surface area contributed by atoms with Gasteiger partial charge in [0.25, 0.3) is 0 Å². The number of amides is 1. The molecule has 1 heterocycles. The summed E-state index contributed by atoms with van der Waals surface area (Å²) < 4.78 is 26.9. The molecule has 0 saturated carbocycles. The Labute approximate surface area is 139 Å². The molecule has 1 aliphatic heterocycles. The minimum atomic E-state index is -3.66. The van der Waals surface area contributed by atoms with Gasteiger partial charge in [0.2, 0.25) is 15.9 Å². The molecule has 8 heteroatoms. The van der Waals surface area contributed by atoms with E-state index in [4.69, 9.17) is 0 Å². The zero-order valence-corrected chi connectivity index (χ0v) is 15.0. The number of rotatable bonds is 4. The number of carbonyl (C=O) groups is 1. The molecular formula is C14H20BrN3O3S. The van der Waals surface area contributed by atoms with E-state index in [0.717, 1.165) is 21.9 Å². The fourth-order valence-corrected chi connectivity index (χ4v) is 3.75. The lowest BCUT2D eigenvalue weighted by Gasteiger charge is -2.34. The smallest absolute Gasteiger partial charge is 0.243 e. The normalized spacial score (nSPS) is 19.5. The Hall–Kier alpha value is -0.960. The van der Waals surface area contributed by atoms with Gasteiger partial charge < -0.3 is 10.2 Å². The van der Waals surface area contributed by atoms with Gasteiger partial charge in [0.15, 0.2) is 0 Å². The first-order valence-electron chi connectivity index (χ1n) is 7.04. The van der Waals surface area contributed by atoms with Crippen molar-refractivity contribution in [2.75, 3.05) is 33.2 Å². The molecule has 0 aromatic heterocycles. The SMILES string of the molecule is CC1CNCCN1C(=O)CN(C)S(=O)(=O)c1ccc(Br)cc1. The van der Waals surface area contributed by atoms with Crippen molar-refractivity contribution >= 4 is 31.9 Å². The maximum Gasteiger partial charge on any atom is 0.243 e. The van der Waals surface area contributed by atoms with E-state index < -0.39 is 10.0 Å². The molecule has 1 fully saturated rings. The van der Waals surface area contributed by atoms with Gasteiger partial charge >= 0.3 is 0 Å². The van der Waals surface area contributed by atoms with Crippen LogP contribution in [0.1, 0.15) is 6.92 Å². The highest BCUT2D eigenvalue weighted by Gasteiger charge is 2.28. The van der Waals surface area contributed by atoms with Crippen molar-refractivity contribution in [2.45, 2.75) is 17.9 Å². The third-order valence-electron chi connectivity index (χ3n) is 3.70. The number of sulfonamides is 1. The average Bonchev–Trinajstić information content (AvgIpc) is 2.48. The van der Waals surface area contributed by atoms with E-state index in [9.17, 15) is 13.2 Å². The number of benzene rings is 1. The summed E-state index contributed by atoms with van der Waals surface area (Å²) in [5.41, 5.74) is 0. The second kappa shape index (κ2) is 7.08. The van der Waals surface area contributed by atoms with Gasteiger partial charge in [-0.1, -0.05) is 15.9 Å². The van der Waals surface area contributed by atoms with Gasteiger partial charge in [-0.15, -0.1) is 0 Å². The van der Waals surface area contributed by atoms with E-state index in [-0.39, 0.29) is 23.4 Å².